The van der Waals surface area contributed by atoms with Crippen molar-refractivity contribution in [3.8, 4) is 5.75 Å². The first-order chi connectivity index (χ1) is 21.2. The normalized spacial score (nSPS) is 12.0. The Kier molecular flexibility index (Phi) is 11.2. The molecule has 44 heavy (non-hydrogen) atoms. The highest BCUT2D eigenvalue weighted by Crippen LogP contribution is 2.26. The molecule has 0 heterocycles. The predicted molar refractivity (Wildman–Crippen MR) is 175 cm³/mol. The third-order valence-electron chi connectivity index (χ3n) is 6.59. The van der Waals surface area contributed by atoms with Crippen molar-refractivity contribution in [2.24, 2.45) is 5.10 Å². The number of carbonyl (C=O) groups excluding carboxylic acids is 2. The lowest BCUT2D eigenvalue weighted by atomic mass is 10.1. The standard InChI is InChI=1S/C33H34N4O5S2/c1-24-9-13-28(14-10-24)37(44(40,41)31-19-17-30(43-3)18-20-31)22-32(38)36-34-21-26-11-15-29(16-12-26)42-23-33(39)35-25(2)27-7-5-4-6-8-27/h4-21,25H,22-23H2,1-3H3,(H,35,39)(H,36,38)/b34-21-/t25-/m1/s1. The van der Waals surface area contributed by atoms with Crippen molar-refractivity contribution >= 4 is 45.5 Å². The SMILES string of the molecule is CSc1ccc(S(=O)(=O)N(CC(=O)N/N=C\c2ccc(OCC(=O)N[C@H](C)c3ccccc3)cc2)c2ccc(C)cc2)cc1. The van der Waals surface area contributed by atoms with Crippen LogP contribution in [0.4, 0.5) is 5.69 Å². The number of sulfonamides is 1. The van der Waals surface area contributed by atoms with E-state index in [0.29, 0.717) is 17.0 Å². The van der Waals surface area contributed by atoms with Gasteiger partial charge in [0.15, 0.2) is 6.61 Å². The Morgan fingerprint density at radius 3 is 2.20 bits per heavy atom. The van der Waals surface area contributed by atoms with Crippen LogP contribution in [-0.4, -0.2) is 45.9 Å². The van der Waals surface area contributed by atoms with Crippen LogP contribution in [0.25, 0.3) is 0 Å². The minimum absolute atomic E-state index is 0.0812. The molecule has 0 fully saturated rings. The first-order valence-corrected chi connectivity index (χ1v) is 16.4. The lowest BCUT2D eigenvalue weighted by Crippen LogP contribution is -2.39. The zero-order chi connectivity index (χ0) is 31.5. The van der Waals surface area contributed by atoms with Crippen molar-refractivity contribution in [1.29, 1.82) is 0 Å². The summed E-state index contributed by atoms with van der Waals surface area (Å²) in [6.45, 7) is 3.20. The van der Waals surface area contributed by atoms with Crippen molar-refractivity contribution in [3.63, 3.8) is 0 Å². The molecule has 228 valence electrons. The van der Waals surface area contributed by atoms with Crippen LogP contribution in [0, 0.1) is 6.92 Å². The monoisotopic (exact) mass is 630 g/mol. The third-order valence-corrected chi connectivity index (χ3v) is 9.12. The van der Waals surface area contributed by atoms with E-state index in [2.05, 4.69) is 15.8 Å². The van der Waals surface area contributed by atoms with Crippen molar-refractivity contribution in [3.05, 3.63) is 120 Å². The van der Waals surface area contributed by atoms with E-state index in [4.69, 9.17) is 4.74 Å². The van der Waals surface area contributed by atoms with Crippen LogP contribution < -0.4 is 19.8 Å². The average Bonchev–Trinajstić information content (AvgIpc) is 3.04. The lowest BCUT2D eigenvalue weighted by molar-refractivity contribution is -0.123. The highest BCUT2D eigenvalue weighted by Gasteiger charge is 2.27. The number of hydrogen-bond donors (Lipinski definition) is 2. The van der Waals surface area contributed by atoms with E-state index in [1.165, 1.54) is 30.1 Å². The summed E-state index contributed by atoms with van der Waals surface area (Å²) in [6.07, 6.45) is 3.34. The highest BCUT2D eigenvalue weighted by atomic mass is 32.2. The van der Waals surface area contributed by atoms with E-state index >= 15 is 0 Å². The fraction of sp³-hybridized carbons (Fsp3) is 0.182. The van der Waals surface area contributed by atoms with Crippen LogP contribution in [0.1, 0.15) is 29.7 Å². The molecule has 0 aromatic heterocycles. The fourth-order valence-electron chi connectivity index (χ4n) is 4.15. The van der Waals surface area contributed by atoms with Crippen LogP contribution in [0.2, 0.25) is 0 Å². The molecule has 0 bridgehead atoms. The summed E-state index contributed by atoms with van der Waals surface area (Å²) in [6, 6.07) is 29.7. The Morgan fingerprint density at radius 2 is 1.57 bits per heavy atom. The summed E-state index contributed by atoms with van der Waals surface area (Å²) in [4.78, 5) is 26.1. The molecule has 0 aliphatic carbocycles. The van der Waals surface area contributed by atoms with E-state index in [-0.39, 0.29) is 23.5 Å². The van der Waals surface area contributed by atoms with Gasteiger partial charge in [-0.1, -0.05) is 48.0 Å². The zero-order valence-electron chi connectivity index (χ0n) is 24.6. The number of aryl methyl sites for hydroxylation is 1. The number of anilines is 1. The Morgan fingerprint density at radius 1 is 0.909 bits per heavy atom. The second-order valence-corrected chi connectivity index (χ2v) is 12.6. The van der Waals surface area contributed by atoms with Gasteiger partial charge >= 0.3 is 0 Å². The summed E-state index contributed by atoms with van der Waals surface area (Å²) in [5, 5.41) is 6.89. The molecular formula is C33H34N4O5S2. The molecule has 2 amide bonds. The van der Waals surface area contributed by atoms with E-state index in [9.17, 15) is 18.0 Å². The van der Waals surface area contributed by atoms with Gasteiger partial charge in [0.25, 0.3) is 21.8 Å². The maximum Gasteiger partial charge on any atom is 0.264 e. The molecular weight excluding hydrogens is 597 g/mol. The summed E-state index contributed by atoms with van der Waals surface area (Å²) < 4.78 is 33.8. The van der Waals surface area contributed by atoms with Gasteiger partial charge in [-0.3, -0.25) is 13.9 Å². The Hall–Kier alpha value is -4.61. The quantitative estimate of drug-likeness (QED) is 0.117. The van der Waals surface area contributed by atoms with Crippen molar-refractivity contribution in [2.75, 3.05) is 23.7 Å². The number of nitrogens with zero attached hydrogens (tertiary/aromatic N) is 2. The molecule has 0 saturated heterocycles. The predicted octanol–water partition coefficient (Wildman–Crippen LogP) is 5.32. The third kappa shape index (κ3) is 8.95. The van der Waals surface area contributed by atoms with Gasteiger partial charge < -0.3 is 10.1 Å². The van der Waals surface area contributed by atoms with Gasteiger partial charge in [0, 0.05) is 4.90 Å². The van der Waals surface area contributed by atoms with E-state index < -0.39 is 22.5 Å². The minimum Gasteiger partial charge on any atom is -0.484 e. The second-order valence-electron chi connectivity index (χ2n) is 9.87. The number of thioether (sulfide) groups is 1. The molecule has 2 N–H and O–H groups in total. The number of benzene rings is 4. The van der Waals surface area contributed by atoms with Gasteiger partial charge in [0.1, 0.15) is 12.3 Å². The summed E-state index contributed by atoms with van der Waals surface area (Å²) in [5.41, 5.74) is 5.40. The average molecular weight is 631 g/mol. The molecule has 4 aromatic carbocycles. The van der Waals surface area contributed by atoms with Gasteiger partial charge in [-0.25, -0.2) is 13.8 Å². The van der Waals surface area contributed by atoms with Gasteiger partial charge in [-0.15, -0.1) is 11.8 Å². The van der Waals surface area contributed by atoms with Crippen LogP contribution in [0.5, 0.6) is 5.75 Å². The maximum absolute atomic E-state index is 13.6. The molecule has 0 aliphatic heterocycles. The molecule has 4 aromatic rings. The first-order valence-electron chi connectivity index (χ1n) is 13.8. The van der Waals surface area contributed by atoms with Gasteiger partial charge in [-0.2, -0.15) is 5.10 Å². The van der Waals surface area contributed by atoms with Crippen LogP contribution in [-0.2, 0) is 19.6 Å². The number of nitrogens with one attached hydrogen (secondary N) is 2. The summed E-state index contributed by atoms with van der Waals surface area (Å²) in [5.74, 6) is -0.353. The first kappa shape index (κ1) is 32.3. The van der Waals surface area contributed by atoms with Crippen LogP contribution >= 0.6 is 11.8 Å². The van der Waals surface area contributed by atoms with Crippen LogP contribution in [0.3, 0.4) is 0 Å². The van der Waals surface area contributed by atoms with Gasteiger partial charge in [0.05, 0.1) is 22.8 Å². The number of rotatable bonds is 13. The largest absolute Gasteiger partial charge is 0.484 e. The molecule has 0 spiro atoms. The molecule has 0 radical (unpaired) electrons. The minimum atomic E-state index is -4.03. The Labute approximate surface area is 262 Å². The smallest absolute Gasteiger partial charge is 0.264 e. The lowest BCUT2D eigenvalue weighted by Gasteiger charge is -2.24. The maximum atomic E-state index is 13.6. The van der Waals surface area contributed by atoms with E-state index in [1.54, 1.807) is 60.7 Å². The zero-order valence-corrected chi connectivity index (χ0v) is 26.3. The van der Waals surface area contributed by atoms with E-state index in [1.807, 2.05) is 50.4 Å². The number of ether oxygens (including phenoxy) is 1. The summed E-state index contributed by atoms with van der Waals surface area (Å²) in [7, 11) is -4.03. The molecule has 9 nitrogen and oxygen atoms in total. The molecule has 1 atom stereocenters. The number of hydrogen-bond acceptors (Lipinski definition) is 7. The number of amides is 2. The molecule has 0 aliphatic rings. The Balaban J connectivity index is 1.33. The van der Waals surface area contributed by atoms with Crippen molar-refractivity contribution in [1.82, 2.24) is 10.7 Å². The van der Waals surface area contributed by atoms with Gasteiger partial charge in [0.2, 0.25) is 0 Å². The van der Waals surface area contributed by atoms with Crippen molar-refractivity contribution in [2.45, 2.75) is 29.7 Å². The van der Waals surface area contributed by atoms with Crippen LogP contribution in [0.15, 0.2) is 118 Å². The molecule has 11 heteroatoms. The fourth-order valence-corrected chi connectivity index (χ4v) is 5.98. The molecule has 4 rings (SSSR count). The van der Waals surface area contributed by atoms with Gasteiger partial charge in [-0.05, 0) is 91.9 Å². The number of carbonyl (C=O) groups is 2. The number of hydrazone groups is 1. The Bertz CT molecular complexity index is 1680. The summed E-state index contributed by atoms with van der Waals surface area (Å²) >= 11 is 1.51. The molecule has 0 unspecified atom stereocenters. The topological polar surface area (TPSA) is 117 Å². The van der Waals surface area contributed by atoms with E-state index in [0.717, 1.165) is 20.3 Å². The highest BCUT2D eigenvalue weighted by molar-refractivity contribution is 7.98. The molecule has 0 saturated carbocycles. The van der Waals surface area contributed by atoms with Crippen molar-refractivity contribution < 1.29 is 22.7 Å². The second kappa shape index (κ2) is 15.2.